The zero-order valence-corrected chi connectivity index (χ0v) is 14.3. The molecule has 0 bridgehead atoms. The zero-order chi connectivity index (χ0) is 13.7. The predicted octanol–water partition coefficient (Wildman–Crippen LogP) is 1.92. The molecule has 0 spiro atoms. The number of carbonyl (C=O) groups excluding carboxylic acids is 1. The van der Waals surface area contributed by atoms with Crippen molar-refractivity contribution in [1.82, 2.24) is 20.8 Å². The molecule has 5 nitrogen and oxygen atoms in total. The number of aryl methyl sites for hydroxylation is 2. The normalized spacial score (nSPS) is 18.1. The molecule has 1 unspecified atom stereocenters. The summed E-state index contributed by atoms with van der Waals surface area (Å²) in [6.45, 7) is 6.71. The number of amides is 1. The molecular weight excluding hydrogens is 311 g/mol. The van der Waals surface area contributed by atoms with Crippen LogP contribution in [-0.2, 0) is 11.2 Å². The minimum Gasteiger partial charge on any atom is -0.356 e. The highest BCUT2D eigenvalue weighted by atomic mass is 35.5. The van der Waals surface area contributed by atoms with Crippen LogP contribution in [0.15, 0.2) is 0 Å². The highest BCUT2D eigenvalue weighted by Crippen LogP contribution is 2.14. The van der Waals surface area contributed by atoms with Crippen molar-refractivity contribution < 1.29 is 4.79 Å². The van der Waals surface area contributed by atoms with E-state index in [1.807, 2.05) is 13.8 Å². The number of rotatable bonds is 4. The van der Waals surface area contributed by atoms with Crippen molar-refractivity contribution in [2.45, 2.75) is 39.5 Å². The summed E-state index contributed by atoms with van der Waals surface area (Å²) in [4.78, 5) is 12.1. The van der Waals surface area contributed by atoms with Crippen LogP contribution in [0.25, 0.3) is 0 Å². The van der Waals surface area contributed by atoms with Crippen molar-refractivity contribution in [2.24, 2.45) is 5.92 Å². The Bertz CT molecular complexity index is 409. The number of hydrogen-bond donors (Lipinski definition) is 3. The molecule has 2 rings (SSSR count). The van der Waals surface area contributed by atoms with E-state index in [0.717, 1.165) is 50.2 Å². The smallest absolute Gasteiger partial charge is 0.223 e. The minimum absolute atomic E-state index is 0. The second-order valence-corrected chi connectivity index (χ2v) is 5.33. The van der Waals surface area contributed by atoms with E-state index in [1.54, 1.807) is 0 Å². The molecule has 2 heterocycles. The Balaban J connectivity index is 0.00000200. The van der Waals surface area contributed by atoms with E-state index >= 15 is 0 Å². The third-order valence-corrected chi connectivity index (χ3v) is 3.90. The maximum Gasteiger partial charge on any atom is 0.223 e. The highest BCUT2D eigenvalue weighted by molar-refractivity contribution is 5.85. The summed E-state index contributed by atoms with van der Waals surface area (Å²) in [6.07, 6.45) is 3.90. The van der Waals surface area contributed by atoms with Crippen molar-refractivity contribution in [1.29, 1.82) is 0 Å². The van der Waals surface area contributed by atoms with Crippen LogP contribution in [-0.4, -0.2) is 35.7 Å². The number of halogens is 2. The third kappa shape index (κ3) is 5.85. The average Bonchev–Trinajstić information content (AvgIpc) is 2.64. The van der Waals surface area contributed by atoms with E-state index in [0.29, 0.717) is 6.54 Å². The molecule has 0 aliphatic carbocycles. The van der Waals surface area contributed by atoms with Gasteiger partial charge in [-0.3, -0.25) is 9.89 Å². The number of carbonyl (C=O) groups is 1. The Labute approximate surface area is 138 Å². The van der Waals surface area contributed by atoms with Crippen molar-refractivity contribution in [2.75, 3.05) is 19.6 Å². The molecule has 1 amide bonds. The first-order valence-electron chi connectivity index (χ1n) is 7.17. The van der Waals surface area contributed by atoms with E-state index in [-0.39, 0.29) is 36.6 Å². The molecule has 1 aliphatic heterocycles. The highest BCUT2D eigenvalue weighted by Gasteiger charge is 2.19. The van der Waals surface area contributed by atoms with Gasteiger partial charge in [-0.1, -0.05) is 0 Å². The van der Waals surface area contributed by atoms with E-state index < -0.39 is 0 Å². The van der Waals surface area contributed by atoms with Gasteiger partial charge >= 0.3 is 0 Å². The van der Waals surface area contributed by atoms with Crippen LogP contribution in [0.5, 0.6) is 0 Å². The molecule has 0 aromatic carbocycles. The van der Waals surface area contributed by atoms with Gasteiger partial charge in [0.1, 0.15) is 0 Å². The number of nitrogens with zero attached hydrogens (tertiary/aromatic N) is 1. The van der Waals surface area contributed by atoms with E-state index in [9.17, 15) is 4.79 Å². The summed E-state index contributed by atoms with van der Waals surface area (Å²) in [7, 11) is 0. The topological polar surface area (TPSA) is 69.8 Å². The Kier molecular flexibility index (Phi) is 9.66. The molecule has 1 saturated heterocycles. The lowest BCUT2D eigenvalue weighted by Gasteiger charge is -2.13. The summed E-state index contributed by atoms with van der Waals surface area (Å²) in [5.41, 5.74) is 3.36. The predicted molar refractivity (Wildman–Crippen MR) is 89.5 cm³/mol. The molecule has 1 aromatic rings. The summed E-state index contributed by atoms with van der Waals surface area (Å²) in [5.74, 6) is 0.393. The van der Waals surface area contributed by atoms with Crippen molar-refractivity contribution in [3.05, 3.63) is 17.0 Å². The van der Waals surface area contributed by atoms with E-state index in [1.165, 1.54) is 5.56 Å². The first-order valence-corrected chi connectivity index (χ1v) is 7.17. The summed E-state index contributed by atoms with van der Waals surface area (Å²) in [5, 5.41) is 13.5. The summed E-state index contributed by atoms with van der Waals surface area (Å²) in [6, 6.07) is 0. The van der Waals surface area contributed by atoms with Gasteiger partial charge in [0.15, 0.2) is 0 Å². The van der Waals surface area contributed by atoms with Gasteiger partial charge in [-0.15, -0.1) is 24.8 Å². The maximum absolute atomic E-state index is 12.1. The van der Waals surface area contributed by atoms with Crippen molar-refractivity contribution in [3.63, 3.8) is 0 Å². The molecule has 1 aromatic heterocycles. The third-order valence-electron chi connectivity index (χ3n) is 3.90. The number of aromatic amines is 1. The Morgan fingerprint density at radius 3 is 2.71 bits per heavy atom. The van der Waals surface area contributed by atoms with E-state index in [4.69, 9.17) is 0 Å². The lowest BCUT2D eigenvalue weighted by atomic mass is 10.00. The quantitative estimate of drug-likeness (QED) is 0.786. The number of H-pyrrole nitrogens is 1. The van der Waals surface area contributed by atoms with Crippen molar-refractivity contribution in [3.8, 4) is 0 Å². The first kappa shape index (κ1) is 20.2. The van der Waals surface area contributed by atoms with Crippen molar-refractivity contribution >= 4 is 30.7 Å². The van der Waals surface area contributed by atoms with Gasteiger partial charge in [-0.25, -0.2) is 0 Å². The molecule has 122 valence electrons. The van der Waals surface area contributed by atoms with Gasteiger partial charge in [-0.05, 0) is 58.2 Å². The van der Waals surface area contributed by atoms with E-state index in [2.05, 4.69) is 20.8 Å². The molecular formula is C14H26Cl2N4O. The largest absolute Gasteiger partial charge is 0.356 e. The molecule has 1 fully saturated rings. The van der Waals surface area contributed by atoms with Gasteiger partial charge in [0.05, 0.1) is 5.69 Å². The van der Waals surface area contributed by atoms with Crippen LogP contribution in [0.4, 0.5) is 0 Å². The molecule has 7 heteroatoms. The van der Waals surface area contributed by atoms with Crippen LogP contribution in [0.2, 0.25) is 0 Å². The van der Waals surface area contributed by atoms with Crippen LogP contribution in [0.3, 0.4) is 0 Å². The van der Waals surface area contributed by atoms with Crippen LogP contribution >= 0.6 is 24.8 Å². The molecule has 3 N–H and O–H groups in total. The molecule has 21 heavy (non-hydrogen) atoms. The maximum atomic E-state index is 12.1. The van der Waals surface area contributed by atoms with Gasteiger partial charge in [0.2, 0.25) is 5.91 Å². The van der Waals surface area contributed by atoms with Gasteiger partial charge in [0.25, 0.3) is 0 Å². The van der Waals surface area contributed by atoms with Gasteiger partial charge in [0, 0.05) is 18.2 Å². The standard InChI is InChI=1S/C14H24N4O.2ClH/c1-10-13(11(2)18-17-10)6-9-16-14(19)12-4-3-7-15-8-5-12;;/h12,15H,3-9H2,1-2H3,(H,16,19)(H,17,18);2*1H. The first-order chi connectivity index (χ1) is 9.18. The fourth-order valence-electron chi connectivity index (χ4n) is 2.68. The lowest BCUT2D eigenvalue weighted by molar-refractivity contribution is -0.125. The van der Waals surface area contributed by atoms with Crippen LogP contribution < -0.4 is 10.6 Å². The second kappa shape index (κ2) is 10.0. The minimum atomic E-state index is 0. The molecule has 0 saturated carbocycles. The number of aromatic nitrogens is 2. The number of hydrogen-bond acceptors (Lipinski definition) is 3. The Morgan fingerprint density at radius 2 is 2.05 bits per heavy atom. The van der Waals surface area contributed by atoms with Gasteiger partial charge in [-0.2, -0.15) is 5.10 Å². The van der Waals surface area contributed by atoms with Crippen LogP contribution in [0.1, 0.15) is 36.2 Å². The number of nitrogens with one attached hydrogen (secondary N) is 3. The monoisotopic (exact) mass is 336 g/mol. The summed E-state index contributed by atoms with van der Waals surface area (Å²) >= 11 is 0. The summed E-state index contributed by atoms with van der Waals surface area (Å²) < 4.78 is 0. The van der Waals surface area contributed by atoms with Crippen LogP contribution in [0, 0.1) is 19.8 Å². The fraction of sp³-hybridized carbons (Fsp3) is 0.714. The average molecular weight is 337 g/mol. The molecule has 1 atom stereocenters. The zero-order valence-electron chi connectivity index (χ0n) is 12.7. The second-order valence-electron chi connectivity index (χ2n) is 5.33. The van der Waals surface area contributed by atoms with Gasteiger partial charge < -0.3 is 10.6 Å². The SMILES string of the molecule is Cc1n[nH]c(C)c1CCNC(=O)C1CCCNCC1.Cl.Cl. The Hall–Kier alpha value is -0.780. The molecule has 1 aliphatic rings. The lowest BCUT2D eigenvalue weighted by Crippen LogP contribution is -2.32. The molecule has 0 radical (unpaired) electrons. The fourth-order valence-corrected chi connectivity index (χ4v) is 2.68. The Morgan fingerprint density at radius 1 is 1.29 bits per heavy atom.